The van der Waals surface area contributed by atoms with E-state index in [1.54, 1.807) is 24.5 Å². The van der Waals surface area contributed by atoms with Crippen molar-refractivity contribution >= 4 is 17.5 Å². The van der Waals surface area contributed by atoms with Crippen LogP contribution in [0.4, 0.5) is 0 Å². The molecule has 0 aliphatic carbocycles. The molecule has 4 atom stereocenters. The van der Waals surface area contributed by atoms with Crippen LogP contribution >= 0.6 is 11.6 Å². The van der Waals surface area contributed by atoms with Crippen molar-refractivity contribution in [2.75, 3.05) is 19.6 Å². The molecule has 7 rings (SSSR count). The Kier molecular flexibility index (Phi) is 11.1. The average molecular weight is 718 g/mol. The van der Waals surface area contributed by atoms with Gasteiger partial charge in [0.05, 0.1) is 30.0 Å². The summed E-state index contributed by atoms with van der Waals surface area (Å²) < 4.78 is 13.5. The van der Waals surface area contributed by atoms with Crippen molar-refractivity contribution in [1.82, 2.24) is 15.2 Å². The van der Waals surface area contributed by atoms with Crippen molar-refractivity contribution < 1.29 is 24.5 Å². The maximum atomic E-state index is 12.5. The largest absolute Gasteiger partial charge is 0.392 e. The molecular formula is C43H44ClN3O5. The number of amides is 1. The molecule has 4 unspecified atom stereocenters. The zero-order chi connectivity index (χ0) is 36.1. The third-order valence-electron chi connectivity index (χ3n) is 10.4. The lowest BCUT2D eigenvalue weighted by Crippen LogP contribution is -2.49. The van der Waals surface area contributed by atoms with Gasteiger partial charge in [-0.25, -0.2) is 0 Å². The van der Waals surface area contributed by atoms with Gasteiger partial charge in [-0.2, -0.15) is 0 Å². The highest BCUT2D eigenvalue weighted by atomic mass is 35.5. The fraction of sp³-hybridized carbons (Fsp3) is 0.302. The number of aliphatic hydroxyl groups excluding tert-OH is 1. The SMILES string of the molecule is CC1C(CN2CCC(O)(c3ccc(Cl)cc3)CC2)OC(c2ccc(-c3cccc(CNC(=O)c4cccnc4)c3)cc2)OC1c1ccc(CO)cc1. The maximum absolute atomic E-state index is 12.5. The number of benzene rings is 4. The third-order valence-corrected chi connectivity index (χ3v) is 10.7. The van der Waals surface area contributed by atoms with E-state index >= 15 is 0 Å². The number of nitrogens with one attached hydrogen (secondary N) is 1. The molecule has 0 radical (unpaired) electrons. The van der Waals surface area contributed by atoms with Gasteiger partial charge >= 0.3 is 0 Å². The fourth-order valence-corrected chi connectivity index (χ4v) is 7.34. The number of piperidine rings is 1. The van der Waals surface area contributed by atoms with Crippen LogP contribution in [0.5, 0.6) is 0 Å². The van der Waals surface area contributed by atoms with Gasteiger partial charge in [-0.15, -0.1) is 0 Å². The molecule has 52 heavy (non-hydrogen) atoms. The topological polar surface area (TPSA) is 104 Å². The Bertz CT molecular complexity index is 1930. The molecule has 2 fully saturated rings. The number of aromatic nitrogens is 1. The second kappa shape index (κ2) is 16.1. The molecule has 0 spiro atoms. The number of halogens is 1. The first-order valence-corrected chi connectivity index (χ1v) is 18.2. The molecule has 0 bridgehead atoms. The molecule has 2 saturated heterocycles. The van der Waals surface area contributed by atoms with Crippen molar-refractivity contribution in [3.05, 3.63) is 160 Å². The molecule has 4 aromatic carbocycles. The number of likely N-dealkylation sites (tertiary alicyclic amines) is 1. The number of pyridine rings is 1. The van der Waals surface area contributed by atoms with Gasteiger partial charge in [0.15, 0.2) is 6.29 Å². The molecule has 9 heteroatoms. The number of ether oxygens (including phenoxy) is 2. The molecule has 5 aromatic rings. The molecule has 8 nitrogen and oxygen atoms in total. The highest BCUT2D eigenvalue weighted by Gasteiger charge is 2.41. The van der Waals surface area contributed by atoms with E-state index in [1.165, 1.54) is 0 Å². The average Bonchev–Trinajstić information content (AvgIpc) is 3.19. The van der Waals surface area contributed by atoms with Crippen molar-refractivity contribution in [2.45, 2.75) is 57.0 Å². The van der Waals surface area contributed by atoms with Crippen LogP contribution in [0, 0.1) is 5.92 Å². The van der Waals surface area contributed by atoms with E-state index in [1.807, 2.05) is 60.7 Å². The van der Waals surface area contributed by atoms with E-state index in [9.17, 15) is 15.0 Å². The molecule has 1 amide bonds. The predicted molar refractivity (Wildman–Crippen MR) is 201 cm³/mol. The minimum absolute atomic E-state index is 0.0116. The Labute approximate surface area is 310 Å². The van der Waals surface area contributed by atoms with E-state index in [0.29, 0.717) is 36.5 Å². The second-order valence-corrected chi connectivity index (χ2v) is 14.3. The van der Waals surface area contributed by atoms with E-state index in [2.05, 4.69) is 58.5 Å². The molecular weight excluding hydrogens is 674 g/mol. The normalized spacial score (nSPS) is 21.8. The Morgan fingerprint density at radius 1 is 0.885 bits per heavy atom. The van der Waals surface area contributed by atoms with Crippen molar-refractivity contribution in [3.63, 3.8) is 0 Å². The maximum Gasteiger partial charge on any atom is 0.253 e. The smallest absolute Gasteiger partial charge is 0.253 e. The van der Waals surface area contributed by atoms with Gasteiger partial charge in [0.2, 0.25) is 0 Å². The Hall–Kier alpha value is -4.41. The van der Waals surface area contributed by atoms with Gasteiger partial charge in [0, 0.05) is 55.1 Å². The third kappa shape index (κ3) is 8.29. The number of rotatable bonds is 10. The summed E-state index contributed by atoms with van der Waals surface area (Å²) in [6, 6.07) is 35.4. The molecule has 0 saturated carbocycles. The van der Waals surface area contributed by atoms with Crippen molar-refractivity contribution in [1.29, 1.82) is 0 Å². The first-order chi connectivity index (χ1) is 25.3. The summed E-state index contributed by atoms with van der Waals surface area (Å²) in [4.78, 5) is 19.0. The standard InChI is InChI=1S/C43H44ClN3O5/c1-29-39(27-47-22-19-43(50,20-23-47)37-15-17-38(44)18-16-37)51-42(52-40(29)33-9-7-30(28-48)8-10-33)34-13-11-32(12-14-34)35-5-2-4-31(24-35)25-46-41(49)36-6-3-21-45-26-36/h2-18,21,24,26,29,39-40,42,48,50H,19-20,22-23,25,27-28H2,1H3,(H,46,49). The van der Waals surface area contributed by atoms with Crippen LogP contribution in [-0.4, -0.2) is 51.7 Å². The second-order valence-electron chi connectivity index (χ2n) is 13.9. The molecule has 268 valence electrons. The van der Waals surface area contributed by atoms with Gasteiger partial charge in [0.1, 0.15) is 0 Å². The van der Waals surface area contributed by atoms with E-state index in [-0.39, 0.29) is 30.6 Å². The van der Waals surface area contributed by atoms with Gasteiger partial charge < -0.3 is 29.9 Å². The number of aliphatic hydroxyl groups is 2. The fourth-order valence-electron chi connectivity index (χ4n) is 7.21. The van der Waals surface area contributed by atoms with Gasteiger partial charge in [-0.05, 0) is 76.6 Å². The molecule has 2 aliphatic rings. The van der Waals surface area contributed by atoms with E-state index in [4.69, 9.17) is 21.1 Å². The number of carbonyl (C=O) groups is 1. The quantitative estimate of drug-likeness (QED) is 0.137. The molecule has 3 heterocycles. The minimum Gasteiger partial charge on any atom is -0.392 e. The summed E-state index contributed by atoms with van der Waals surface area (Å²) in [6.45, 7) is 4.77. The summed E-state index contributed by atoms with van der Waals surface area (Å²) in [5.41, 5.74) is 6.46. The van der Waals surface area contributed by atoms with Crippen LogP contribution in [0.1, 0.15) is 70.3 Å². The molecule has 3 N–H and O–H groups in total. The van der Waals surface area contributed by atoms with Crippen molar-refractivity contribution in [3.8, 4) is 11.1 Å². The summed E-state index contributed by atoms with van der Waals surface area (Å²) in [6.07, 6.45) is 3.53. The van der Waals surface area contributed by atoms with Crippen LogP contribution in [0.15, 0.2) is 122 Å². The number of carbonyl (C=O) groups excluding carboxylic acids is 1. The Morgan fingerprint density at radius 3 is 2.31 bits per heavy atom. The summed E-state index contributed by atoms with van der Waals surface area (Å²) in [5, 5.41) is 24.8. The van der Waals surface area contributed by atoms with E-state index < -0.39 is 11.9 Å². The van der Waals surface area contributed by atoms with Crippen LogP contribution in [0.2, 0.25) is 5.02 Å². The molecule has 2 aliphatic heterocycles. The Morgan fingerprint density at radius 2 is 1.62 bits per heavy atom. The lowest BCUT2D eigenvalue weighted by atomic mass is 9.84. The zero-order valence-corrected chi connectivity index (χ0v) is 30.0. The summed E-state index contributed by atoms with van der Waals surface area (Å²) in [5.74, 6) is -0.112. The lowest BCUT2D eigenvalue weighted by Gasteiger charge is -2.45. The van der Waals surface area contributed by atoms with Crippen LogP contribution in [0.3, 0.4) is 0 Å². The monoisotopic (exact) mass is 717 g/mol. The predicted octanol–water partition coefficient (Wildman–Crippen LogP) is 7.60. The first kappa shape index (κ1) is 36.0. The number of nitrogens with zero attached hydrogens (tertiary/aromatic N) is 2. The zero-order valence-electron chi connectivity index (χ0n) is 29.2. The van der Waals surface area contributed by atoms with E-state index in [0.717, 1.165) is 52.0 Å². The highest BCUT2D eigenvalue weighted by molar-refractivity contribution is 6.30. The summed E-state index contributed by atoms with van der Waals surface area (Å²) >= 11 is 6.11. The highest BCUT2D eigenvalue weighted by Crippen LogP contribution is 2.43. The number of hydrogen-bond donors (Lipinski definition) is 3. The van der Waals surface area contributed by atoms with Crippen LogP contribution < -0.4 is 5.32 Å². The first-order valence-electron chi connectivity index (χ1n) is 17.9. The summed E-state index contributed by atoms with van der Waals surface area (Å²) in [7, 11) is 0. The van der Waals surface area contributed by atoms with Gasteiger partial charge in [0.25, 0.3) is 5.91 Å². The van der Waals surface area contributed by atoms with Gasteiger partial charge in [-0.1, -0.05) is 97.4 Å². The minimum atomic E-state index is -0.877. The van der Waals surface area contributed by atoms with Crippen LogP contribution in [-0.2, 0) is 28.2 Å². The number of hydrogen-bond acceptors (Lipinski definition) is 7. The Balaban J connectivity index is 1.05. The molecule has 1 aromatic heterocycles. The van der Waals surface area contributed by atoms with Gasteiger partial charge in [-0.3, -0.25) is 9.78 Å². The van der Waals surface area contributed by atoms with Crippen LogP contribution in [0.25, 0.3) is 11.1 Å². The van der Waals surface area contributed by atoms with Crippen molar-refractivity contribution in [2.24, 2.45) is 5.92 Å². The lowest BCUT2D eigenvalue weighted by molar-refractivity contribution is -0.277.